The lowest BCUT2D eigenvalue weighted by Crippen LogP contribution is -2.14. The Morgan fingerprint density at radius 2 is 1.76 bits per heavy atom. The van der Waals surface area contributed by atoms with Crippen molar-refractivity contribution in [2.24, 2.45) is 0 Å². The quantitative estimate of drug-likeness (QED) is 0.732. The van der Waals surface area contributed by atoms with Crippen molar-refractivity contribution in [3.63, 3.8) is 0 Å². The van der Waals surface area contributed by atoms with Gasteiger partial charge in [-0.15, -0.1) is 0 Å². The summed E-state index contributed by atoms with van der Waals surface area (Å²) in [5, 5.41) is 1.04. The molecule has 0 radical (unpaired) electrons. The van der Waals surface area contributed by atoms with Crippen molar-refractivity contribution in [1.82, 2.24) is 4.98 Å². The molecule has 0 aliphatic carbocycles. The van der Waals surface area contributed by atoms with Crippen LogP contribution in [0.4, 0.5) is 5.69 Å². The lowest BCUT2D eigenvalue weighted by Gasteiger charge is -2.15. The molecule has 3 rings (SSSR count). The van der Waals surface area contributed by atoms with Crippen molar-refractivity contribution in [1.29, 1.82) is 0 Å². The molecule has 3 aromatic rings. The summed E-state index contributed by atoms with van der Waals surface area (Å²) in [5.41, 5.74) is 0.606. The number of para-hydroxylation sites is 1. The van der Waals surface area contributed by atoms with Crippen LogP contribution < -0.4 is 14.2 Å². The third kappa shape index (κ3) is 3.33. The number of methoxy groups -OCH3 is 2. The normalized spacial score (nSPS) is 11.3. The summed E-state index contributed by atoms with van der Waals surface area (Å²) in [7, 11) is -1.03. The summed E-state index contributed by atoms with van der Waals surface area (Å²) in [4.78, 5) is 4.25. The number of hydrogen-bond acceptors (Lipinski definition) is 5. The van der Waals surface area contributed by atoms with E-state index in [1.54, 1.807) is 30.5 Å². The number of sulfonamides is 1. The number of benzene rings is 2. The zero-order chi connectivity index (χ0) is 18.0. The maximum Gasteiger partial charge on any atom is 0.264 e. The van der Waals surface area contributed by atoms with Crippen LogP contribution in [0.5, 0.6) is 11.5 Å². The van der Waals surface area contributed by atoms with Gasteiger partial charge in [0.15, 0.2) is 0 Å². The minimum absolute atomic E-state index is 0.0709. The van der Waals surface area contributed by atoms with Gasteiger partial charge < -0.3 is 9.47 Å². The van der Waals surface area contributed by atoms with E-state index in [1.807, 2.05) is 0 Å². The minimum atomic E-state index is -3.90. The van der Waals surface area contributed by atoms with Crippen LogP contribution in [-0.2, 0) is 10.0 Å². The predicted molar refractivity (Wildman–Crippen MR) is 97.1 cm³/mol. The Morgan fingerprint density at radius 1 is 1.04 bits per heavy atom. The van der Waals surface area contributed by atoms with Gasteiger partial charge in [-0.1, -0.05) is 29.8 Å². The van der Waals surface area contributed by atoms with Gasteiger partial charge >= 0.3 is 0 Å². The maximum atomic E-state index is 12.9. The van der Waals surface area contributed by atoms with Gasteiger partial charge in [-0.25, -0.2) is 8.42 Å². The Kier molecular flexibility index (Phi) is 4.69. The Balaban J connectivity index is 2.10. The molecule has 1 aromatic heterocycles. The number of pyridine rings is 1. The summed E-state index contributed by atoms with van der Waals surface area (Å²) in [6.45, 7) is 0. The van der Waals surface area contributed by atoms with Gasteiger partial charge in [-0.05, 0) is 12.1 Å². The van der Waals surface area contributed by atoms with E-state index in [0.717, 1.165) is 5.39 Å². The Bertz CT molecular complexity index is 1030. The number of nitrogens with zero attached hydrogens (tertiary/aromatic N) is 1. The Morgan fingerprint density at radius 3 is 2.48 bits per heavy atom. The van der Waals surface area contributed by atoms with Crippen LogP contribution in [0, 0.1) is 0 Å². The first-order valence-corrected chi connectivity index (χ1v) is 9.10. The van der Waals surface area contributed by atoms with Gasteiger partial charge in [0, 0.05) is 23.7 Å². The molecular formula is C17H15ClN2O4S. The molecule has 0 fully saturated rings. The topological polar surface area (TPSA) is 77.5 Å². The van der Waals surface area contributed by atoms with Crippen molar-refractivity contribution < 1.29 is 17.9 Å². The average Bonchev–Trinajstić information content (AvgIpc) is 2.62. The van der Waals surface area contributed by atoms with Crippen molar-refractivity contribution in [2.45, 2.75) is 4.90 Å². The van der Waals surface area contributed by atoms with Crippen LogP contribution in [0.2, 0.25) is 5.02 Å². The molecule has 0 unspecified atom stereocenters. The number of hydrogen-bond donors (Lipinski definition) is 1. The molecule has 0 bridgehead atoms. The molecule has 0 amide bonds. The first-order chi connectivity index (χ1) is 12.0. The van der Waals surface area contributed by atoms with Gasteiger partial charge in [0.1, 0.15) is 16.4 Å². The third-order valence-corrected chi connectivity index (χ3v) is 5.30. The fraction of sp³-hybridized carbons (Fsp3) is 0.118. The minimum Gasteiger partial charge on any atom is -0.495 e. The number of aromatic nitrogens is 1. The smallest absolute Gasteiger partial charge is 0.264 e. The monoisotopic (exact) mass is 378 g/mol. The highest BCUT2D eigenvalue weighted by molar-refractivity contribution is 7.93. The van der Waals surface area contributed by atoms with E-state index in [1.165, 1.54) is 32.4 Å². The average molecular weight is 379 g/mol. The van der Waals surface area contributed by atoms with Crippen LogP contribution in [0.25, 0.3) is 10.9 Å². The zero-order valence-corrected chi connectivity index (χ0v) is 15.1. The van der Waals surface area contributed by atoms with Crippen LogP contribution in [0.15, 0.2) is 53.6 Å². The van der Waals surface area contributed by atoms with Gasteiger partial charge in [0.2, 0.25) is 0 Å². The molecule has 8 heteroatoms. The largest absolute Gasteiger partial charge is 0.495 e. The molecule has 0 aliphatic rings. The van der Waals surface area contributed by atoms with Gasteiger partial charge in [-0.3, -0.25) is 9.71 Å². The summed E-state index contributed by atoms with van der Waals surface area (Å²) in [6.07, 6.45) is 1.55. The highest BCUT2D eigenvalue weighted by Gasteiger charge is 2.21. The van der Waals surface area contributed by atoms with Crippen LogP contribution in [-0.4, -0.2) is 27.6 Å². The van der Waals surface area contributed by atoms with Crippen molar-refractivity contribution in [2.75, 3.05) is 18.9 Å². The fourth-order valence-corrected chi connectivity index (χ4v) is 3.91. The number of ether oxygens (including phenoxy) is 2. The molecule has 1 heterocycles. The van der Waals surface area contributed by atoms with Crippen molar-refractivity contribution in [3.05, 3.63) is 53.7 Å². The summed E-state index contributed by atoms with van der Waals surface area (Å²) in [6, 6.07) is 11.5. The summed E-state index contributed by atoms with van der Waals surface area (Å²) >= 11 is 6.05. The van der Waals surface area contributed by atoms with Crippen molar-refractivity contribution >= 4 is 38.2 Å². The van der Waals surface area contributed by atoms with Crippen LogP contribution >= 0.6 is 11.6 Å². The van der Waals surface area contributed by atoms with Gasteiger partial charge in [0.25, 0.3) is 10.0 Å². The van der Waals surface area contributed by atoms with E-state index in [9.17, 15) is 8.42 Å². The molecule has 0 aliphatic heterocycles. The molecule has 2 aromatic carbocycles. The summed E-state index contributed by atoms with van der Waals surface area (Å²) in [5.74, 6) is 0.610. The molecule has 130 valence electrons. The molecule has 0 atom stereocenters. The predicted octanol–water partition coefficient (Wildman–Crippen LogP) is 3.71. The first kappa shape index (κ1) is 17.3. The number of fused-ring (bicyclic) bond motifs is 1. The first-order valence-electron chi connectivity index (χ1n) is 7.24. The second-order valence-electron chi connectivity index (χ2n) is 5.12. The van der Waals surface area contributed by atoms with E-state index in [0.29, 0.717) is 16.3 Å². The molecule has 25 heavy (non-hydrogen) atoms. The second kappa shape index (κ2) is 6.78. The van der Waals surface area contributed by atoms with E-state index in [2.05, 4.69) is 9.71 Å². The SMILES string of the molecule is COc1cc(NS(=O)(=O)c2cccc3cccnc23)c(OC)cc1Cl. The Hall–Kier alpha value is -2.51. The van der Waals surface area contributed by atoms with Gasteiger partial charge in [-0.2, -0.15) is 0 Å². The number of anilines is 1. The molecule has 0 spiro atoms. The summed E-state index contributed by atoms with van der Waals surface area (Å²) < 4.78 is 38.6. The lowest BCUT2D eigenvalue weighted by atomic mass is 10.2. The molecule has 0 saturated carbocycles. The van der Waals surface area contributed by atoms with E-state index >= 15 is 0 Å². The van der Waals surface area contributed by atoms with Crippen LogP contribution in [0.1, 0.15) is 0 Å². The number of rotatable bonds is 5. The zero-order valence-electron chi connectivity index (χ0n) is 13.5. The number of halogens is 1. The van der Waals surface area contributed by atoms with E-state index in [4.69, 9.17) is 21.1 Å². The van der Waals surface area contributed by atoms with Gasteiger partial charge in [0.05, 0.1) is 30.4 Å². The van der Waals surface area contributed by atoms with Crippen molar-refractivity contribution in [3.8, 4) is 11.5 Å². The standard InChI is InChI=1S/C17H15ClN2O4S/c1-23-14-10-13(15(24-2)9-12(14)18)20-25(21,22)16-7-3-5-11-6-4-8-19-17(11)16/h3-10,20H,1-2H3. The van der Waals surface area contributed by atoms with E-state index in [-0.39, 0.29) is 16.3 Å². The molecule has 0 saturated heterocycles. The third-order valence-electron chi connectivity index (χ3n) is 3.60. The molecular weight excluding hydrogens is 364 g/mol. The van der Waals surface area contributed by atoms with E-state index < -0.39 is 10.0 Å². The molecule has 1 N–H and O–H groups in total. The fourth-order valence-electron chi connectivity index (χ4n) is 2.43. The second-order valence-corrected chi connectivity index (χ2v) is 7.18. The Labute approximate surface area is 150 Å². The molecule has 6 nitrogen and oxygen atoms in total. The highest BCUT2D eigenvalue weighted by atomic mass is 35.5. The lowest BCUT2D eigenvalue weighted by molar-refractivity contribution is 0.405. The number of nitrogens with one attached hydrogen (secondary N) is 1. The van der Waals surface area contributed by atoms with Crippen LogP contribution in [0.3, 0.4) is 0 Å². The maximum absolute atomic E-state index is 12.9. The highest BCUT2D eigenvalue weighted by Crippen LogP contribution is 2.37.